The first-order chi connectivity index (χ1) is 8.63. The summed E-state index contributed by atoms with van der Waals surface area (Å²) in [6.45, 7) is 4.14. The van der Waals surface area contributed by atoms with Gasteiger partial charge in [0.1, 0.15) is 5.78 Å². The molecule has 92 valence electrons. The summed E-state index contributed by atoms with van der Waals surface area (Å²) in [7, 11) is 0. The molecular formula is C17H18O. The predicted molar refractivity (Wildman–Crippen MR) is 74.8 cm³/mol. The number of rotatable bonds is 4. The summed E-state index contributed by atoms with van der Waals surface area (Å²) in [5.74, 6) is 0.270. The third-order valence-corrected chi connectivity index (χ3v) is 2.93. The number of Topliss-reactive ketones (excluding diaryl/α,β-unsaturated/α-hetero) is 1. The SMILES string of the molecule is Cc1cc(C)cc(CC(=O)Cc2ccccc2)c1. The fourth-order valence-corrected chi connectivity index (χ4v) is 2.28. The Kier molecular flexibility index (Phi) is 3.93. The molecule has 0 aromatic heterocycles. The summed E-state index contributed by atoms with van der Waals surface area (Å²) in [6.07, 6.45) is 1.05. The number of carbonyl (C=O) groups excluding carboxylic acids is 1. The molecule has 0 aliphatic heterocycles. The van der Waals surface area contributed by atoms with Crippen LogP contribution in [-0.4, -0.2) is 5.78 Å². The number of aryl methyl sites for hydroxylation is 2. The van der Waals surface area contributed by atoms with Crippen molar-refractivity contribution in [3.05, 3.63) is 70.8 Å². The number of hydrogen-bond donors (Lipinski definition) is 0. The van der Waals surface area contributed by atoms with Gasteiger partial charge in [-0.05, 0) is 25.0 Å². The molecule has 0 aliphatic carbocycles. The topological polar surface area (TPSA) is 17.1 Å². The van der Waals surface area contributed by atoms with Gasteiger partial charge < -0.3 is 0 Å². The van der Waals surface area contributed by atoms with Gasteiger partial charge in [0, 0.05) is 12.8 Å². The zero-order chi connectivity index (χ0) is 13.0. The summed E-state index contributed by atoms with van der Waals surface area (Å²) < 4.78 is 0. The van der Waals surface area contributed by atoms with Crippen LogP contribution < -0.4 is 0 Å². The molecule has 2 aromatic rings. The average molecular weight is 238 g/mol. The van der Waals surface area contributed by atoms with Crippen LogP contribution in [-0.2, 0) is 17.6 Å². The Morgan fingerprint density at radius 2 is 1.39 bits per heavy atom. The summed E-state index contributed by atoms with van der Waals surface area (Å²) in [5, 5.41) is 0. The lowest BCUT2D eigenvalue weighted by atomic mass is 10.00. The van der Waals surface area contributed by atoms with Crippen molar-refractivity contribution < 1.29 is 4.79 Å². The van der Waals surface area contributed by atoms with Crippen LogP contribution in [0, 0.1) is 13.8 Å². The molecule has 0 saturated carbocycles. The molecule has 2 rings (SSSR count). The van der Waals surface area contributed by atoms with Gasteiger partial charge in [0.25, 0.3) is 0 Å². The molecule has 0 fully saturated rings. The third kappa shape index (κ3) is 3.56. The van der Waals surface area contributed by atoms with Crippen molar-refractivity contribution in [2.45, 2.75) is 26.7 Å². The van der Waals surface area contributed by atoms with Gasteiger partial charge >= 0.3 is 0 Å². The molecule has 0 heterocycles. The van der Waals surface area contributed by atoms with E-state index in [0.29, 0.717) is 12.8 Å². The fourth-order valence-electron chi connectivity index (χ4n) is 2.28. The van der Waals surface area contributed by atoms with E-state index in [0.717, 1.165) is 11.1 Å². The van der Waals surface area contributed by atoms with E-state index in [2.05, 4.69) is 32.0 Å². The lowest BCUT2D eigenvalue weighted by Gasteiger charge is -2.05. The highest BCUT2D eigenvalue weighted by atomic mass is 16.1. The van der Waals surface area contributed by atoms with E-state index < -0.39 is 0 Å². The highest BCUT2D eigenvalue weighted by molar-refractivity contribution is 5.83. The molecule has 0 radical (unpaired) electrons. The molecule has 1 heteroatoms. The van der Waals surface area contributed by atoms with Gasteiger partial charge in [-0.25, -0.2) is 0 Å². The van der Waals surface area contributed by atoms with Crippen molar-refractivity contribution in [2.24, 2.45) is 0 Å². The van der Waals surface area contributed by atoms with Gasteiger partial charge in [-0.1, -0.05) is 59.7 Å². The Morgan fingerprint density at radius 3 is 2.00 bits per heavy atom. The molecule has 0 amide bonds. The second-order valence-corrected chi connectivity index (χ2v) is 4.87. The molecular weight excluding hydrogens is 220 g/mol. The summed E-state index contributed by atoms with van der Waals surface area (Å²) in [4.78, 5) is 12.0. The van der Waals surface area contributed by atoms with Gasteiger partial charge in [0.05, 0.1) is 0 Å². The first-order valence-corrected chi connectivity index (χ1v) is 6.26. The van der Waals surface area contributed by atoms with Crippen molar-refractivity contribution in [1.29, 1.82) is 0 Å². The number of benzene rings is 2. The van der Waals surface area contributed by atoms with Crippen LogP contribution in [0.5, 0.6) is 0 Å². The molecule has 18 heavy (non-hydrogen) atoms. The van der Waals surface area contributed by atoms with Crippen molar-refractivity contribution >= 4 is 5.78 Å². The van der Waals surface area contributed by atoms with Crippen molar-refractivity contribution in [3.63, 3.8) is 0 Å². The van der Waals surface area contributed by atoms with E-state index in [9.17, 15) is 4.79 Å². The van der Waals surface area contributed by atoms with E-state index in [-0.39, 0.29) is 5.78 Å². The van der Waals surface area contributed by atoms with Crippen LogP contribution in [0.15, 0.2) is 48.5 Å². The molecule has 0 saturated heterocycles. The van der Waals surface area contributed by atoms with Crippen LogP contribution in [0.25, 0.3) is 0 Å². The molecule has 0 aliphatic rings. The molecule has 0 spiro atoms. The first kappa shape index (κ1) is 12.6. The zero-order valence-electron chi connectivity index (χ0n) is 10.9. The lowest BCUT2D eigenvalue weighted by molar-refractivity contribution is -0.117. The lowest BCUT2D eigenvalue weighted by Crippen LogP contribution is -2.06. The van der Waals surface area contributed by atoms with E-state index in [4.69, 9.17) is 0 Å². The number of ketones is 1. The summed E-state index contributed by atoms with van der Waals surface area (Å²) in [5.41, 5.74) is 4.65. The van der Waals surface area contributed by atoms with Crippen molar-refractivity contribution in [1.82, 2.24) is 0 Å². The van der Waals surface area contributed by atoms with Gasteiger partial charge in [0.15, 0.2) is 0 Å². The highest BCUT2D eigenvalue weighted by Gasteiger charge is 2.05. The smallest absolute Gasteiger partial charge is 0.141 e. The minimum atomic E-state index is 0.270. The molecule has 0 unspecified atom stereocenters. The Morgan fingerprint density at radius 1 is 0.833 bits per heavy atom. The second kappa shape index (κ2) is 5.63. The van der Waals surface area contributed by atoms with Crippen LogP contribution in [0.4, 0.5) is 0 Å². The molecule has 1 nitrogen and oxygen atoms in total. The minimum Gasteiger partial charge on any atom is -0.299 e. The maximum absolute atomic E-state index is 12.0. The molecule has 0 N–H and O–H groups in total. The van der Waals surface area contributed by atoms with E-state index in [1.165, 1.54) is 11.1 Å². The normalized spacial score (nSPS) is 10.3. The van der Waals surface area contributed by atoms with Crippen LogP contribution >= 0.6 is 0 Å². The molecule has 0 bridgehead atoms. The molecule has 2 aromatic carbocycles. The van der Waals surface area contributed by atoms with Gasteiger partial charge in [-0.3, -0.25) is 4.79 Å². The minimum absolute atomic E-state index is 0.270. The first-order valence-electron chi connectivity index (χ1n) is 6.26. The Balaban J connectivity index is 2.03. The van der Waals surface area contributed by atoms with E-state index in [1.54, 1.807) is 0 Å². The zero-order valence-corrected chi connectivity index (χ0v) is 10.9. The van der Waals surface area contributed by atoms with Gasteiger partial charge in [-0.2, -0.15) is 0 Å². The Labute approximate surface area is 108 Å². The monoisotopic (exact) mass is 238 g/mol. The highest BCUT2D eigenvalue weighted by Crippen LogP contribution is 2.11. The fraction of sp³-hybridized carbons (Fsp3) is 0.235. The summed E-state index contributed by atoms with van der Waals surface area (Å²) >= 11 is 0. The standard InChI is InChI=1S/C17H18O/c1-13-8-14(2)10-16(9-13)12-17(18)11-15-6-4-3-5-7-15/h3-10H,11-12H2,1-2H3. The quantitative estimate of drug-likeness (QED) is 0.794. The summed E-state index contributed by atoms with van der Waals surface area (Å²) in [6, 6.07) is 16.2. The Bertz CT molecular complexity index is 521. The maximum Gasteiger partial charge on any atom is 0.141 e. The van der Waals surface area contributed by atoms with Crippen LogP contribution in [0.3, 0.4) is 0 Å². The number of hydrogen-bond acceptors (Lipinski definition) is 1. The third-order valence-electron chi connectivity index (χ3n) is 2.93. The average Bonchev–Trinajstić information content (AvgIpc) is 2.28. The van der Waals surface area contributed by atoms with Crippen molar-refractivity contribution in [3.8, 4) is 0 Å². The largest absolute Gasteiger partial charge is 0.299 e. The van der Waals surface area contributed by atoms with Crippen LogP contribution in [0.2, 0.25) is 0 Å². The van der Waals surface area contributed by atoms with Crippen molar-refractivity contribution in [2.75, 3.05) is 0 Å². The maximum atomic E-state index is 12.0. The van der Waals surface area contributed by atoms with Crippen LogP contribution in [0.1, 0.15) is 22.3 Å². The molecule has 0 atom stereocenters. The predicted octanol–water partition coefficient (Wildman–Crippen LogP) is 3.66. The Hall–Kier alpha value is -1.89. The van der Waals surface area contributed by atoms with Gasteiger partial charge in [0.2, 0.25) is 0 Å². The second-order valence-electron chi connectivity index (χ2n) is 4.87. The van der Waals surface area contributed by atoms with Gasteiger partial charge in [-0.15, -0.1) is 0 Å². The number of carbonyl (C=O) groups is 1. The van der Waals surface area contributed by atoms with E-state index in [1.807, 2.05) is 30.3 Å². The van der Waals surface area contributed by atoms with E-state index >= 15 is 0 Å².